The van der Waals surface area contributed by atoms with Gasteiger partial charge in [0.05, 0.1) is 6.54 Å². The molecule has 0 aliphatic heterocycles. The molecule has 0 unspecified atom stereocenters. The van der Waals surface area contributed by atoms with Crippen LogP contribution in [0.5, 0.6) is 0 Å². The van der Waals surface area contributed by atoms with Gasteiger partial charge in [-0.25, -0.2) is 4.98 Å². The van der Waals surface area contributed by atoms with Crippen LogP contribution in [0.15, 0.2) is 12.4 Å². The third kappa shape index (κ3) is 3.97. The molecule has 1 aromatic heterocycles. The van der Waals surface area contributed by atoms with Crippen molar-refractivity contribution in [2.75, 3.05) is 6.54 Å². The summed E-state index contributed by atoms with van der Waals surface area (Å²) in [5.41, 5.74) is 0. The fraction of sp³-hybridized carbons (Fsp3) is 0.769. The number of rotatable bonds is 8. The maximum Gasteiger partial charge on any atom is 0.122 e. The summed E-state index contributed by atoms with van der Waals surface area (Å²) in [5, 5.41) is 3.51. The highest BCUT2D eigenvalue weighted by molar-refractivity contribution is 4.91. The summed E-state index contributed by atoms with van der Waals surface area (Å²) in [4.78, 5) is 4.38. The highest BCUT2D eigenvalue weighted by atomic mass is 15.1. The Bertz CT molecular complexity index is 276. The molecule has 1 rings (SSSR count). The van der Waals surface area contributed by atoms with Crippen LogP contribution in [0, 0.1) is 5.92 Å². The maximum atomic E-state index is 4.38. The average molecular weight is 223 g/mol. The molecule has 0 spiro atoms. The smallest absolute Gasteiger partial charge is 0.122 e. The monoisotopic (exact) mass is 223 g/mol. The number of nitrogens with one attached hydrogen (secondary N) is 1. The van der Waals surface area contributed by atoms with Crippen LogP contribution in [0.2, 0.25) is 0 Å². The van der Waals surface area contributed by atoms with Crippen molar-refractivity contribution in [3.63, 3.8) is 0 Å². The Morgan fingerprint density at radius 2 is 2.06 bits per heavy atom. The summed E-state index contributed by atoms with van der Waals surface area (Å²) in [7, 11) is 0. The van der Waals surface area contributed by atoms with E-state index in [0.29, 0.717) is 0 Å². The van der Waals surface area contributed by atoms with E-state index in [9.17, 15) is 0 Å². The number of imidazole rings is 1. The van der Waals surface area contributed by atoms with E-state index >= 15 is 0 Å². The predicted octanol–water partition coefficient (Wildman–Crippen LogP) is 2.82. The zero-order valence-corrected chi connectivity index (χ0v) is 10.9. The minimum absolute atomic E-state index is 0.801. The molecular formula is C13H25N3. The molecule has 0 atom stereocenters. The molecule has 0 amide bonds. The lowest BCUT2D eigenvalue weighted by Crippen LogP contribution is -2.23. The molecule has 0 aromatic carbocycles. The number of aryl methyl sites for hydroxylation is 1. The second-order valence-electron chi connectivity index (χ2n) is 4.35. The van der Waals surface area contributed by atoms with E-state index in [1.54, 1.807) is 0 Å². The summed E-state index contributed by atoms with van der Waals surface area (Å²) >= 11 is 0. The lowest BCUT2D eigenvalue weighted by molar-refractivity contribution is 0.442. The topological polar surface area (TPSA) is 29.9 Å². The van der Waals surface area contributed by atoms with E-state index in [4.69, 9.17) is 0 Å². The van der Waals surface area contributed by atoms with Crippen molar-refractivity contribution in [2.45, 2.75) is 53.1 Å². The molecule has 3 nitrogen and oxygen atoms in total. The van der Waals surface area contributed by atoms with E-state index in [2.05, 4.69) is 41.8 Å². The molecule has 0 radical (unpaired) electrons. The van der Waals surface area contributed by atoms with Gasteiger partial charge in [-0.05, 0) is 18.9 Å². The molecule has 0 bridgehead atoms. The summed E-state index contributed by atoms with van der Waals surface area (Å²) in [5.74, 6) is 1.96. The molecule has 0 aliphatic rings. The normalized spacial score (nSPS) is 11.2. The number of hydrogen-bond donors (Lipinski definition) is 1. The van der Waals surface area contributed by atoms with Crippen molar-refractivity contribution in [2.24, 2.45) is 5.92 Å². The van der Waals surface area contributed by atoms with Gasteiger partial charge in [0.1, 0.15) is 5.82 Å². The van der Waals surface area contributed by atoms with E-state index < -0.39 is 0 Å². The Morgan fingerprint density at radius 3 is 2.69 bits per heavy atom. The van der Waals surface area contributed by atoms with Crippen molar-refractivity contribution >= 4 is 0 Å². The van der Waals surface area contributed by atoms with Crippen molar-refractivity contribution in [3.8, 4) is 0 Å². The fourth-order valence-electron chi connectivity index (χ4n) is 1.92. The van der Waals surface area contributed by atoms with Gasteiger partial charge in [0.2, 0.25) is 0 Å². The van der Waals surface area contributed by atoms with Crippen molar-refractivity contribution in [1.29, 1.82) is 0 Å². The van der Waals surface area contributed by atoms with Crippen LogP contribution in [-0.4, -0.2) is 16.1 Å². The van der Waals surface area contributed by atoms with Gasteiger partial charge in [-0.2, -0.15) is 0 Å². The van der Waals surface area contributed by atoms with Crippen molar-refractivity contribution < 1.29 is 0 Å². The fourth-order valence-corrected chi connectivity index (χ4v) is 1.92. The van der Waals surface area contributed by atoms with Crippen LogP contribution in [-0.2, 0) is 13.1 Å². The lowest BCUT2D eigenvalue weighted by Gasteiger charge is -2.13. The summed E-state index contributed by atoms with van der Waals surface area (Å²) in [6, 6.07) is 0. The molecule has 0 fully saturated rings. The Kier molecular flexibility index (Phi) is 6.16. The highest BCUT2D eigenvalue weighted by Crippen LogP contribution is 2.06. The van der Waals surface area contributed by atoms with Gasteiger partial charge in [-0.1, -0.05) is 33.6 Å². The predicted molar refractivity (Wildman–Crippen MR) is 68.3 cm³/mol. The van der Waals surface area contributed by atoms with Crippen LogP contribution in [0.1, 0.15) is 45.9 Å². The van der Waals surface area contributed by atoms with Crippen LogP contribution in [0.4, 0.5) is 0 Å². The van der Waals surface area contributed by atoms with Crippen molar-refractivity contribution in [3.05, 3.63) is 18.2 Å². The summed E-state index contributed by atoms with van der Waals surface area (Å²) < 4.78 is 2.24. The average Bonchev–Trinajstić information content (AvgIpc) is 2.73. The van der Waals surface area contributed by atoms with Gasteiger partial charge in [0.15, 0.2) is 0 Å². The standard InChI is InChI=1S/C13H25N3/c1-4-8-16-9-7-15-13(16)11-14-10-12(5-2)6-3/h7,9,12,14H,4-6,8,10-11H2,1-3H3. The summed E-state index contributed by atoms with van der Waals surface area (Å²) in [6.45, 7) is 9.78. The Labute approximate surface area is 99.3 Å². The van der Waals surface area contributed by atoms with Gasteiger partial charge in [0.25, 0.3) is 0 Å². The minimum Gasteiger partial charge on any atom is -0.334 e. The van der Waals surface area contributed by atoms with Crippen LogP contribution >= 0.6 is 0 Å². The lowest BCUT2D eigenvalue weighted by atomic mass is 10.0. The molecule has 1 N–H and O–H groups in total. The third-order valence-electron chi connectivity index (χ3n) is 3.14. The molecule has 0 saturated heterocycles. The molecule has 0 aliphatic carbocycles. The SMILES string of the molecule is CCCn1ccnc1CNCC(CC)CC. The van der Waals surface area contributed by atoms with E-state index in [0.717, 1.165) is 37.8 Å². The second kappa shape index (κ2) is 7.44. The molecule has 1 heterocycles. The molecule has 3 heteroatoms. The highest BCUT2D eigenvalue weighted by Gasteiger charge is 2.04. The van der Waals surface area contributed by atoms with Crippen LogP contribution in [0.3, 0.4) is 0 Å². The number of aromatic nitrogens is 2. The zero-order valence-electron chi connectivity index (χ0n) is 10.9. The van der Waals surface area contributed by atoms with Gasteiger partial charge < -0.3 is 9.88 Å². The largest absolute Gasteiger partial charge is 0.334 e. The first kappa shape index (κ1) is 13.2. The Balaban J connectivity index is 2.33. The zero-order chi connectivity index (χ0) is 11.8. The number of hydrogen-bond acceptors (Lipinski definition) is 2. The van der Waals surface area contributed by atoms with Gasteiger partial charge in [0, 0.05) is 18.9 Å². The van der Waals surface area contributed by atoms with Gasteiger partial charge >= 0.3 is 0 Å². The third-order valence-corrected chi connectivity index (χ3v) is 3.14. The van der Waals surface area contributed by atoms with E-state index in [1.165, 1.54) is 12.8 Å². The quantitative estimate of drug-likeness (QED) is 0.734. The first-order valence-electron chi connectivity index (χ1n) is 6.52. The van der Waals surface area contributed by atoms with Gasteiger partial charge in [-0.15, -0.1) is 0 Å². The first-order valence-corrected chi connectivity index (χ1v) is 6.52. The van der Waals surface area contributed by atoms with Crippen LogP contribution < -0.4 is 5.32 Å². The van der Waals surface area contributed by atoms with Gasteiger partial charge in [-0.3, -0.25) is 0 Å². The molecule has 92 valence electrons. The molecule has 0 saturated carbocycles. The minimum atomic E-state index is 0.801. The van der Waals surface area contributed by atoms with Crippen LogP contribution in [0.25, 0.3) is 0 Å². The first-order chi connectivity index (χ1) is 7.81. The Hall–Kier alpha value is -0.830. The van der Waals surface area contributed by atoms with E-state index in [-0.39, 0.29) is 0 Å². The summed E-state index contributed by atoms with van der Waals surface area (Å²) in [6.07, 6.45) is 7.64. The van der Waals surface area contributed by atoms with Crippen molar-refractivity contribution in [1.82, 2.24) is 14.9 Å². The molecule has 1 aromatic rings. The molecule has 16 heavy (non-hydrogen) atoms. The van der Waals surface area contributed by atoms with E-state index in [1.807, 2.05) is 6.20 Å². The Morgan fingerprint density at radius 1 is 1.31 bits per heavy atom. The number of nitrogens with zero attached hydrogens (tertiary/aromatic N) is 2. The second-order valence-corrected chi connectivity index (χ2v) is 4.35. The maximum absolute atomic E-state index is 4.38. The molecular weight excluding hydrogens is 198 g/mol.